The molecule has 146 valence electrons. The summed E-state index contributed by atoms with van der Waals surface area (Å²) in [5.41, 5.74) is 3.39. The molecule has 0 aromatic heterocycles. The molecule has 0 amide bonds. The van der Waals surface area contributed by atoms with Crippen LogP contribution < -0.4 is 16.6 Å². The monoisotopic (exact) mass is 358 g/mol. The minimum Gasteiger partial charge on any atom is -0.350 e. The topological polar surface area (TPSA) is 62.4 Å². The fraction of sp³-hybridized carbons (Fsp3) is 0.955. The number of nitrogens with zero attached hydrogens (tertiary/aromatic N) is 1. The van der Waals surface area contributed by atoms with Gasteiger partial charge in [-0.1, -0.05) is 13.8 Å². The molecule has 6 saturated carbocycles. The summed E-state index contributed by atoms with van der Waals surface area (Å²) < 4.78 is 0. The first-order chi connectivity index (χ1) is 12.4. The third-order valence-corrected chi connectivity index (χ3v) is 8.50. The smallest absolute Gasteiger partial charge is 0.206 e. The minimum absolute atomic E-state index is 0.181. The normalized spacial score (nSPS) is 52.8. The SMILES string of the molecule is C[C@@H]1CC2C[C@H](C)CC(NC(=NC34CC5CC(CC(C5)C3)C4)NN)(C2)C1. The molecule has 0 radical (unpaired) electrons. The molecule has 0 heterocycles. The molecule has 0 aromatic carbocycles. The molecule has 6 aliphatic rings. The van der Waals surface area contributed by atoms with Gasteiger partial charge in [-0.3, -0.25) is 5.43 Å². The van der Waals surface area contributed by atoms with E-state index in [1.807, 2.05) is 0 Å². The molecular weight excluding hydrogens is 320 g/mol. The molecule has 6 fully saturated rings. The molecular formula is C22H38N4. The van der Waals surface area contributed by atoms with Crippen molar-refractivity contribution in [3.8, 4) is 0 Å². The summed E-state index contributed by atoms with van der Waals surface area (Å²) in [6, 6.07) is 0. The second-order valence-corrected chi connectivity index (χ2v) is 11.3. The van der Waals surface area contributed by atoms with Gasteiger partial charge in [0.05, 0.1) is 5.54 Å². The van der Waals surface area contributed by atoms with Gasteiger partial charge in [-0.15, -0.1) is 0 Å². The van der Waals surface area contributed by atoms with Crippen molar-refractivity contribution in [1.29, 1.82) is 0 Å². The molecule has 0 aliphatic heterocycles. The van der Waals surface area contributed by atoms with E-state index in [2.05, 4.69) is 24.6 Å². The summed E-state index contributed by atoms with van der Waals surface area (Å²) in [4.78, 5) is 5.34. The Hall–Kier alpha value is -0.770. The van der Waals surface area contributed by atoms with Crippen LogP contribution in [-0.2, 0) is 0 Å². The number of hydrazine groups is 1. The molecule has 6 bridgehead atoms. The Balaban J connectivity index is 1.38. The number of rotatable bonds is 2. The van der Waals surface area contributed by atoms with Crippen molar-refractivity contribution in [2.45, 2.75) is 95.6 Å². The van der Waals surface area contributed by atoms with E-state index in [1.165, 1.54) is 70.6 Å². The first-order valence-electron chi connectivity index (χ1n) is 11.3. The second kappa shape index (κ2) is 6.12. The van der Waals surface area contributed by atoms with Gasteiger partial charge in [0.1, 0.15) is 0 Å². The zero-order valence-electron chi connectivity index (χ0n) is 16.8. The van der Waals surface area contributed by atoms with Crippen LogP contribution in [-0.4, -0.2) is 17.0 Å². The van der Waals surface area contributed by atoms with Crippen molar-refractivity contribution in [3.63, 3.8) is 0 Å². The van der Waals surface area contributed by atoms with Crippen LogP contribution in [0, 0.1) is 35.5 Å². The highest BCUT2D eigenvalue weighted by atomic mass is 15.4. The lowest BCUT2D eigenvalue weighted by Gasteiger charge is -2.55. The molecule has 0 saturated heterocycles. The third-order valence-electron chi connectivity index (χ3n) is 8.50. The summed E-state index contributed by atoms with van der Waals surface area (Å²) in [5, 5.41) is 3.90. The van der Waals surface area contributed by atoms with Crippen LogP contribution in [0.3, 0.4) is 0 Å². The lowest BCUT2D eigenvalue weighted by molar-refractivity contribution is 0.000927. The summed E-state index contributed by atoms with van der Waals surface area (Å²) in [7, 11) is 0. The van der Waals surface area contributed by atoms with Crippen molar-refractivity contribution in [1.82, 2.24) is 10.7 Å². The summed E-state index contributed by atoms with van der Waals surface area (Å²) in [5.74, 6) is 12.2. The maximum Gasteiger partial charge on any atom is 0.206 e. The molecule has 6 aliphatic carbocycles. The van der Waals surface area contributed by atoms with Crippen molar-refractivity contribution in [2.24, 2.45) is 46.3 Å². The van der Waals surface area contributed by atoms with E-state index in [4.69, 9.17) is 10.8 Å². The molecule has 0 spiro atoms. The Labute approximate surface area is 159 Å². The largest absolute Gasteiger partial charge is 0.350 e. The Morgan fingerprint density at radius 3 is 1.77 bits per heavy atom. The molecule has 6 rings (SSSR count). The lowest BCUT2D eigenvalue weighted by atomic mass is 9.53. The number of hydrogen-bond acceptors (Lipinski definition) is 2. The van der Waals surface area contributed by atoms with Gasteiger partial charge in [-0.05, 0) is 106 Å². The number of fused-ring (bicyclic) bond motifs is 2. The van der Waals surface area contributed by atoms with Gasteiger partial charge in [-0.25, -0.2) is 10.8 Å². The Morgan fingerprint density at radius 1 is 0.769 bits per heavy atom. The van der Waals surface area contributed by atoms with Gasteiger partial charge in [0.25, 0.3) is 0 Å². The molecule has 2 unspecified atom stereocenters. The highest BCUT2D eigenvalue weighted by Crippen LogP contribution is 2.57. The van der Waals surface area contributed by atoms with Crippen LogP contribution in [0.15, 0.2) is 4.99 Å². The second-order valence-electron chi connectivity index (χ2n) is 11.3. The van der Waals surface area contributed by atoms with Gasteiger partial charge in [-0.2, -0.15) is 0 Å². The number of hydrogen-bond donors (Lipinski definition) is 3. The summed E-state index contributed by atoms with van der Waals surface area (Å²) in [6.45, 7) is 4.87. The molecule has 4 N–H and O–H groups in total. The fourth-order valence-corrected chi connectivity index (χ4v) is 8.64. The Morgan fingerprint density at radius 2 is 1.27 bits per heavy atom. The molecule has 4 heteroatoms. The van der Waals surface area contributed by atoms with Crippen molar-refractivity contribution in [3.05, 3.63) is 0 Å². The molecule has 26 heavy (non-hydrogen) atoms. The Kier molecular flexibility index (Phi) is 4.08. The predicted molar refractivity (Wildman–Crippen MR) is 106 cm³/mol. The van der Waals surface area contributed by atoms with Crippen LogP contribution in [0.1, 0.15) is 84.5 Å². The third kappa shape index (κ3) is 3.06. The highest BCUT2D eigenvalue weighted by molar-refractivity contribution is 5.80. The van der Waals surface area contributed by atoms with Crippen LogP contribution in [0.5, 0.6) is 0 Å². The van der Waals surface area contributed by atoms with E-state index in [0.717, 1.165) is 41.5 Å². The maximum atomic E-state index is 6.01. The zero-order chi connectivity index (χ0) is 17.9. The van der Waals surface area contributed by atoms with Crippen molar-refractivity contribution in [2.75, 3.05) is 0 Å². The number of guanidine groups is 1. The van der Waals surface area contributed by atoms with Gasteiger partial charge >= 0.3 is 0 Å². The zero-order valence-corrected chi connectivity index (χ0v) is 16.8. The van der Waals surface area contributed by atoms with Crippen LogP contribution >= 0.6 is 0 Å². The van der Waals surface area contributed by atoms with Gasteiger partial charge in [0.15, 0.2) is 0 Å². The highest BCUT2D eigenvalue weighted by Gasteiger charge is 2.52. The lowest BCUT2D eigenvalue weighted by Crippen LogP contribution is -2.61. The molecule has 0 aromatic rings. The van der Waals surface area contributed by atoms with Crippen LogP contribution in [0.25, 0.3) is 0 Å². The van der Waals surface area contributed by atoms with Gasteiger partial charge in [0, 0.05) is 5.54 Å². The number of nitrogens with one attached hydrogen (secondary N) is 2. The van der Waals surface area contributed by atoms with Crippen LogP contribution in [0.2, 0.25) is 0 Å². The maximum absolute atomic E-state index is 6.01. The van der Waals surface area contributed by atoms with Crippen molar-refractivity contribution < 1.29 is 0 Å². The van der Waals surface area contributed by atoms with E-state index in [9.17, 15) is 0 Å². The number of nitrogens with two attached hydrogens (primary N) is 1. The quantitative estimate of drug-likeness (QED) is 0.303. The first kappa shape index (κ1) is 17.3. The van der Waals surface area contributed by atoms with E-state index >= 15 is 0 Å². The average Bonchev–Trinajstić information content (AvgIpc) is 2.50. The Bertz CT molecular complexity index is 528. The van der Waals surface area contributed by atoms with Crippen LogP contribution in [0.4, 0.5) is 0 Å². The van der Waals surface area contributed by atoms with Gasteiger partial charge < -0.3 is 5.32 Å². The molecule has 4 atom stereocenters. The van der Waals surface area contributed by atoms with E-state index in [1.54, 1.807) is 0 Å². The molecule has 4 nitrogen and oxygen atoms in total. The minimum atomic E-state index is 0.181. The summed E-state index contributed by atoms with van der Waals surface area (Å²) >= 11 is 0. The predicted octanol–water partition coefficient (Wildman–Crippen LogP) is 3.97. The van der Waals surface area contributed by atoms with E-state index in [0.29, 0.717) is 0 Å². The number of aliphatic imine (C=N–C) groups is 1. The van der Waals surface area contributed by atoms with Crippen molar-refractivity contribution >= 4 is 5.96 Å². The van der Waals surface area contributed by atoms with E-state index < -0.39 is 0 Å². The van der Waals surface area contributed by atoms with E-state index in [-0.39, 0.29) is 11.1 Å². The average molecular weight is 359 g/mol. The summed E-state index contributed by atoms with van der Waals surface area (Å²) in [6.07, 6.45) is 15.0. The van der Waals surface area contributed by atoms with Gasteiger partial charge in [0.2, 0.25) is 5.96 Å². The fourth-order valence-electron chi connectivity index (χ4n) is 8.64. The first-order valence-corrected chi connectivity index (χ1v) is 11.3. The standard InChI is InChI=1S/C22H38N4/c1-14-3-16-4-15(2)9-21(8-14,10-16)24-20(26-23)25-22-11-17-5-18(12-22)7-19(6-17)13-22/h14-19H,3-13,23H2,1-2H3,(H2,24,25,26)/t14-,15+,16?,17?,18?,19?,21?,22?.